The van der Waals surface area contributed by atoms with Crippen LogP contribution in [0.15, 0.2) is 12.1 Å². The van der Waals surface area contributed by atoms with E-state index in [2.05, 4.69) is 0 Å². The number of carbonyl (C=O) groups excluding carboxylic acids is 2. The molecule has 1 saturated heterocycles. The number of amides is 1. The minimum Gasteiger partial charge on any atom is -0.508 e. The summed E-state index contributed by atoms with van der Waals surface area (Å²) < 4.78 is 0. The van der Waals surface area contributed by atoms with Crippen LogP contribution in [0.5, 0.6) is 5.75 Å². The summed E-state index contributed by atoms with van der Waals surface area (Å²) in [6.07, 6.45) is 2.81. The van der Waals surface area contributed by atoms with Crippen molar-refractivity contribution in [1.29, 1.82) is 0 Å². The normalized spacial score (nSPS) is 19.6. The van der Waals surface area contributed by atoms with Gasteiger partial charge in [0.1, 0.15) is 12.0 Å². The molecule has 0 bridgehead atoms. The van der Waals surface area contributed by atoms with Gasteiger partial charge < -0.3 is 20.5 Å². The molecule has 0 aromatic heterocycles. The number of aryl methyl sites for hydroxylation is 2. The molecule has 1 aliphatic rings. The van der Waals surface area contributed by atoms with Crippen molar-refractivity contribution in [3.8, 4) is 5.75 Å². The summed E-state index contributed by atoms with van der Waals surface area (Å²) in [7, 11) is 0. The maximum atomic E-state index is 12.4. The molecule has 0 saturated carbocycles. The number of aromatic hydroxyl groups is 1. The lowest BCUT2D eigenvalue weighted by Crippen LogP contribution is -2.47. The van der Waals surface area contributed by atoms with Gasteiger partial charge in [0.15, 0.2) is 0 Å². The minimum atomic E-state index is -0.660. The summed E-state index contributed by atoms with van der Waals surface area (Å²) in [5, 5.41) is 9.56. The molecule has 1 aliphatic heterocycles. The number of rotatable bonds is 4. The smallest absolute Gasteiger partial charge is 0.240 e. The number of hydrogen-bond donors (Lipinski definition) is 2. The molecule has 1 amide bonds. The Morgan fingerprint density at radius 1 is 1.48 bits per heavy atom. The Labute approximate surface area is 124 Å². The molecule has 0 aliphatic carbocycles. The lowest BCUT2D eigenvalue weighted by atomic mass is 9.95. The molecular formula is C16H22N2O3. The van der Waals surface area contributed by atoms with Crippen molar-refractivity contribution in [2.45, 2.75) is 45.2 Å². The highest BCUT2D eigenvalue weighted by molar-refractivity contribution is 5.85. The fourth-order valence-corrected chi connectivity index (χ4v) is 3.02. The highest BCUT2D eigenvalue weighted by Gasteiger charge is 2.31. The van der Waals surface area contributed by atoms with Gasteiger partial charge in [-0.1, -0.05) is 0 Å². The number of phenolic OH excluding ortho intramolecular Hbond substituents is 1. The average molecular weight is 290 g/mol. The van der Waals surface area contributed by atoms with E-state index in [9.17, 15) is 14.7 Å². The van der Waals surface area contributed by atoms with Crippen LogP contribution >= 0.6 is 0 Å². The fraction of sp³-hybridized carbons (Fsp3) is 0.500. The number of benzene rings is 1. The van der Waals surface area contributed by atoms with Gasteiger partial charge in [0.25, 0.3) is 0 Å². The van der Waals surface area contributed by atoms with Crippen LogP contribution in [0.4, 0.5) is 0 Å². The first-order valence-corrected chi connectivity index (χ1v) is 7.24. The second-order valence-electron chi connectivity index (χ2n) is 5.75. The van der Waals surface area contributed by atoms with Gasteiger partial charge in [-0.25, -0.2) is 0 Å². The molecule has 5 nitrogen and oxygen atoms in total. The Morgan fingerprint density at radius 3 is 2.67 bits per heavy atom. The lowest BCUT2D eigenvalue weighted by molar-refractivity contribution is -0.135. The molecule has 1 aromatic rings. The van der Waals surface area contributed by atoms with Gasteiger partial charge >= 0.3 is 0 Å². The molecule has 2 atom stereocenters. The Bertz CT molecular complexity index is 533. The maximum Gasteiger partial charge on any atom is 0.240 e. The molecule has 2 rings (SSSR count). The SMILES string of the molecule is Cc1cc(O)cc(C)c1C[C@H](N)C(=O)N1CCCC1C=O. The van der Waals surface area contributed by atoms with Crippen LogP contribution in [0.3, 0.4) is 0 Å². The molecule has 21 heavy (non-hydrogen) atoms. The quantitative estimate of drug-likeness (QED) is 0.812. The third-order valence-electron chi connectivity index (χ3n) is 4.16. The largest absolute Gasteiger partial charge is 0.508 e. The van der Waals surface area contributed by atoms with E-state index >= 15 is 0 Å². The lowest BCUT2D eigenvalue weighted by Gasteiger charge is -2.25. The number of phenols is 1. The fourth-order valence-electron chi connectivity index (χ4n) is 3.02. The van der Waals surface area contributed by atoms with Crippen LogP contribution in [-0.4, -0.2) is 40.8 Å². The summed E-state index contributed by atoms with van der Waals surface area (Å²) >= 11 is 0. The van der Waals surface area contributed by atoms with Crippen LogP contribution < -0.4 is 5.73 Å². The maximum absolute atomic E-state index is 12.4. The van der Waals surface area contributed by atoms with E-state index in [0.29, 0.717) is 13.0 Å². The first-order valence-electron chi connectivity index (χ1n) is 7.24. The van der Waals surface area contributed by atoms with E-state index in [1.54, 1.807) is 17.0 Å². The second-order valence-corrected chi connectivity index (χ2v) is 5.75. The summed E-state index contributed by atoms with van der Waals surface area (Å²) in [6, 6.07) is 2.35. The van der Waals surface area contributed by atoms with E-state index in [4.69, 9.17) is 5.73 Å². The molecule has 1 aromatic carbocycles. The van der Waals surface area contributed by atoms with E-state index < -0.39 is 6.04 Å². The van der Waals surface area contributed by atoms with E-state index in [0.717, 1.165) is 35.8 Å². The molecular weight excluding hydrogens is 268 g/mol. The molecule has 0 spiro atoms. The summed E-state index contributed by atoms with van der Waals surface area (Å²) in [6.45, 7) is 4.39. The standard InChI is InChI=1S/C16H22N2O3/c1-10-6-13(20)7-11(2)14(10)8-15(17)16(21)18-5-3-4-12(18)9-19/h6-7,9,12,15,20H,3-5,8,17H2,1-2H3/t12?,15-/m0/s1. The van der Waals surface area contributed by atoms with Gasteiger partial charge in [0, 0.05) is 6.54 Å². The van der Waals surface area contributed by atoms with Crippen molar-refractivity contribution in [3.05, 3.63) is 28.8 Å². The van der Waals surface area contributed by atoms with Crippen LogP contribution in [-0.2, 0) is 16.0 Å². The first-order chi connectivity index (χ1) is 9.93. The molecule has 114 valence electrons. The summed E-state index contributed by atoms with van der Waals surface area (Å²) in [5.41, 5.74) is 8.88. The highest BCUT2D eigenvalue weighted by atomic mass is 16.3. The predicted octanol–water partition coefficient (Wildman–Crippen LogP) is 1.07. The summed E-state index contributed by atoms with van der Waals surface area (Å²) in [5.74, 6) is 0.0469. The number of hydrogen-bond acceptors (Lipinski definition) is 4. The topological polar surface area (TPSA) is 83.6 Å². The average Bonchev–Trinajstić information content (AvgIpc) is 2.89. The monoisotopic (exact) mass is 290 g/mol. The van der Waals surface area contributed by atoms with Gasteiger partial charge in [-0.2, -0.15) is 0 Å². The second kappa shape index (κ2) is 6.26. The predicted molar refractivity (Wildman–Crippen MR) is 80.1 cm³/mol. The minimum absolute atomic E-state index is 0.170. The Morgan fingerprint density at radius 2 is 2.10 bits per heavy atom. The van der Waals surface area contributed by atoms with Crippen LogP contribution in [0, 0.1) is 13.8 Å². The van der Waals surface area contributed by atoms with Crippen molar-refractivity contribution < 1.29 is 14.7 Å². The highest BCUT2D eigenvalue weighted by Crippen LogP contribution is 2.23. The van der Waals surface area contributed by atoms with Crippen molar-refractivity contribution in [3.63, 3.8) is 0 Å². The zero-order valence-corrected chi connectivity index (χ0v) is 12.5. The number of aldehydes is 1. The van der Waals surface area contributed by atoms with Crippen LogP contribution in [0.25, 0.3) is 0 Å². The first kappa shape index (κ1) is 15.5. The number of nitrogens with two attached hydrogens (primary N) is 1. The van der Waals surface area contributed by atoms with Gasteiger partial charge in [0.05, 0.1) is 12.1 Å². The van der Waals surface area contributed by atoms with Crippen LogP contribution in [0.2, 0.25) is 0 Å². The van der Waals surface area contributed by atoms with E-state index in [1.165, 1.54) is 0 Å². The molecule has 5 heteroatoms. The van der Waals surface area contributed by atoms with Crippen molar-refractivity contribution in [1.82, 2.24) is 4.90 Å². The molecule has 3 N–H and O–H groups in total. The molecule has 1 fully saturated rings. The molecule has 0 radical (unpaired) electrons. The van der Waals surface area contributed by atoms with Gasteiger partial charge in [-0.3, -0.25) is 4.79 Å². The third kappa shape index (κ3) is 3.24. The van der Waals surface area contributed by atoms with Gasteiger partial charge in [-0.15, -0.1) is 0 Å². The number of carbonyl (C=O) groups is 2. The zero-order chi connectivity index (χ0) is 15.6. The van der Waals surface area contributed by atoms with Crippen molar-refractivity contribution in [2.24, 2.45) is 5.73 Å². The summed E-state index contributed by atoms with van der Waals surface area (Å²) in [4.78, 5) is 25.0. The Kier molecular flexibility index (Phi) is 4.63. The van der Waals surface area contributed by atoms with Crippen LogP contribution in [0.1, 0.15) is 29.5 Å². The molecule has 1 unspecified atom stereocenters. The van der Waals surface area contributed by atoms with Gasteiger partial charge in [0.2, 0.25) is 5.91 Å². The number of nitrogens with zero attached hydrogens (tertiary/aromatic N) is 1. The van der Waals surface area contributed by atoms with Gasteiger partial charge in [-0.05, 0) is 61.9 Å². The molecule has 1 heterocycles. The number of likely N-dealkylation sites (tertiary alicyclic amines) is 1. The Hall–Kier alpha value is -1.88. The van der Waals surface area contributed by atoms with Crippen molar-refractivity contribution >= 4 is 12.2 Å². The van der Waals surface area contributed by atoms with E-state index in [-0.39, 0.29) is 17.7 Å². The van der Waals surface area contributed by atoms with Crippen molar-refractivity contribution in [2.75, 3.05) is 6.54 Å². The van der Waals surface area contributed by atoms with E-state index in [1.807, 2.05) is 13.8 Å². The Balaban J connectivity index is 2.13. The third-order valence-corrected chi connectivity index (χ3v) is 4.16. The zero-order valence-electron chi connectivity index (χ0n) is 12.5.